The second-order valence-electron chi connectivity index (χ2n) is 5.93. The fourth-order valence-corrected chi connectivity index (χ4v) is 2.92. The predicted octanol–water partition coefficient (Wildman–Crippen LogP) is 3.34. The van der Waals surface area contributed by atoms with E-state index in [9.17, 15) is 13.2 Å². The van der Waals surface area contributed by atoms with E-state index in [2.05, 4.69) is 37.9 Å². The van der Waals surface area contributed by atoms with E-state index in [0.717, 1.165) is 19.5 Å². The van der Waals surface area contributed by atoms with Crippen LogP contribution in [-0.2, 0) is 0 Å². The molecule has 0 spiro atoms. The predicted molar refractivity (Wildman–Crippen MR) is 75.4 cm³/mol. The molecule has 0 aromatic carbocycles. The van der Waals surface area contributed by atoms with Gasteiger partial charge >= 0.3 is 5.51 Å². The molecule has 0 bridgehead atoms. The summed E-state index contributed by atoms with van der Waals surface area (Å²) in [7, 11) is 0. The van der Waals surface area contributed by atoms with Gasteiger partial charge in [0.15, 0.2) is 0 Å². The molecule has 1 saturated heterocycles. The summed E-state index contributed by atoms with van der Waals surface area (Å²) in [5.74, 6) is 0.661. The average Bonchev–Trinajstić information content (AvgIpc) is 2.28. The van der Waals surface area contributed by atoms with Crippen LogP contribution in [0, 0.1) is 5.92 Å². The molecule has 19 heavy (non-hydrogen) atoms. The standard InChI is InChI=1S/C13H25F3N2S/c1-5-10(2)11-8-18(12(3,4)9-17-11)6-7-19-13(14,15)16/h10-11,17H,5-9H2,1-4H3. The molecule has 0 aromatic heterocycles. The maximum Gasteiger partial charge on any atom is 0.441 e. The molecule has 6 heteroatoms. The van der Waals surface area contributed by atoms with E-state index < -0.39 is 5.51 Å². The molecule has 1 N–H and O–H groups in total. The largest absolute Gasteiger partial charge is 0.441 e. The maximum absolute atomic E-state index is 12.2. The molecule has 1 fully saturated rings. The van der Waals surface area contributed by atoms with Gasteiger partial charge in [0.1, 0.15) is 0 Å². The van der Waals surface area contributed by atoms with E-state index in [1.807, 2.05) is 0 Å². The van der Waals surface area contributed by atoms with Gasteiger partial charge in [-0.3, -0.25) is 4.90 Å². The Hall–Kier alpha value is 0.0600. The molecule has 1 heterocycles. The SMILES string of the molecule is CCC(C)C1CN(CCSC(F)(F)F)C(C)(C)CN1. The van der Waals surface area contributed by atoms with Gasteiger partial charge in [-0.2, -0.15) is 13.2 Å². The zero-order valence-electron chi connectivity index (χ0n) is 12.2. The lowest BCUT2D eigenvalue weighted by Gasteiger charge is -2.47. The zero-order chi connectivity index (χ0) is 14.7. The lowest BCUT2D eigenvalue weighted by Crippen LogP contribution is -2.63. The van der Waals surface area contributed by atoms with Gasteiger partial charge in [0.2, 0.25) is 0 Å². The van der Waals surface area contributed by atoms with Crippen LogP contribution in [-0.4, -0.2) is 47.4 Å². The van der Waals surface area contributed by atoms with Crippen LogP contribution in [0.2, 0.25) is 0 Å². The number of piperazine rings is 1. The lowest BCUT2D eigenvalue weighted by atomic mass is 9.91. The summed E-state index contributed by atoms with van der Waals surface area (Å²) in [5.41, 5.74) is -4.19. The molecule has 1 aliphatic rings. The number of halogens is 3. The van der Waals surface area contributed by atoms with Crippen LogP contribution < -0.4 is 5.32 Å². The van der Waals surface area contributed by atoms with Crippen LogP contribution in [0.5, 0.6) is 0 Å². The van der Waals surface area contributed by atoms with Gasteiger partial charge in [-0.15, -0.1) is 0 Å². The minimum atomic E-state index is -4.12. The van der Waals surface area contributed by atoms with Crippen molar-refractivity contribution in [3.63, 3.8) is 0 Å². The summed E-state index contributed by atoms with van der Waals surface area (Å²) in [6.07, 6.45) is 1.09. The van der Waals surface area contributed by atoms with Crippen LogP contribution in [0.4, 0.5) is 13.2 Å². The van der Waals surface area contributed by atoms with E-state index in [0.29, 0.717) is 18.5 Å². The normalized spacial score (nSPS) is 26.4. The molecule has 0 radical (unpaired) electrons. The quantitative estimate of drug-likeness (QED) is 0.838. The van der Waals surface area contributed by atoms with Crippen molar-refractivity contribution in [1.29, 1.82) is 0 Å². The molecule has 114 valence electrons. The number of thioether (sulfide) groups is 1. The number of alkyl halides is 3. The van der Waals surface area contributed by atoms with Crippen molar-refractivity contribution >= 4 is 11.8 Å². The van der Waals surface area contributed by atoms with E-state index in [1.165, 1.54) is 0 Å². The number of hydrogen-bond donors (Lipinski definition) is 1. The Bertz CT molecular complexity index is 282. The second kappa shape index (κ2) is 6.68. The van der Waals surface area contributed by atoms with E-state index in [4.69, 9.17) is 0 Å². The van der Waals surface area contributed by atoms with Crippen LogP contribution in [0.1, 0.15) is 34.1 Å². The molecule has 1 aliphatic heterocycles. The van der Waals surface area contributed by atoms with Crippen molar-refractivity contribution < 1.29 is 13.2 Å². The number of hydrogen-bond acceptors (Lipinski definition) is 3. The third-order valence-electron chi connectivity index (χ3n) is 4.03. The lowest BCUT2D eigenvalue weighted by molar-refractivity contribution is -0.0331. The third-order valence-corrected chi connectivity index (χ3v) is 4.74. The Labute approximate surface area is 118 Å². The van der Waals surface area contributed by atoms with Crippen molar-refractivity contribution in [2.24, 2.45) is 5.92 Å². The molecule has 0 amide bonds. The van der Waals surface area contributed by atoms with Crippen molar-refractivity contribution in [3.05, 3.63) is 0 Å². The summed E-state index contributed by atoms with van der Waals surface area (Å²) in [5, 5.41) is 3.53. The van der Waals surface area contributed by atoms with Crippen LogP contribution in [0.25, 0.3) is 0 Å². The Morgan fingerprint density at radius 2 is 2.05 bits per heavy atom. The molecular weight excluding hydrogens is 273 g/mol. The second-order valence-corrected chi connectivity index (χ2v) is 7.09. The summed E-state index contributed by atoms with van der Waals surface area (Å²) in [6, 6.07) is 0.383. The van der Waals surface area contributed by atoms with Crippen LogP contribution in [0.15, 0.2) is 0 Å². The molecule has 0 saturated carbocycles. The smallest absolute Gasteiger partial charge is 0.311 e. The average molecular weight is 298 g/mol. The van der Waals surface area contributed by atoms with Crippen molar-refractivity contribution in [2.75, 3.05) is 25.4 Å². The minimum absolute atomic E-state index is 0.0733. The Morgan fingerprint density at radius 3 is 2.58 bits per heavy atom. The Balaban J connectivity index is 2.51. The van der Waals surface area contributed by atoms with Crippen molar-refractivity contribution in [2.45, 2.75) is 51.2 Å². The first-order valence-corrected chi connectivity index (χ1v) is 7.83. The summed E-state index contributed by atoms with van der Waals surface area (Å²) in [4.78, 5) is 2.19. The van der Waals surface area contributed by atoms with E-state index in [1.54, 1.807) is 0 Å². The molecule has 2 unspecified atom stereocenters. The highest BCUT2D eigenvalue weighted by atomic mass is 32.2. The van der Waals surface area contributed by atoms with Gasteiger partial charge in [0, 0.05) is 37.0 Å². The Kier molecular flexibility index (Phi) is 6.01. The van der Waals surface area contributed by atoms with E-state index in [-0.39, 0.29) is 23.1 Å². The molecule has 2 atom stereocenters. The van der Waals surface area contributed by atoms with Gasteiger partial charge < -0.3 is 5.32 Å². The van der Waals surface area contributed by atoms with Gasteiger partial charge in [-0.05, 0) is 31.5 Å². The minimum Gasteiger partial charge on any atom is -0.311 e. The van der Waals surface area contributed by atoms with Crippen molar-refractivity contribution in [3.8, 4) is 0 Å². The molecule has 2 nitrogen and oxygen atoms in total. The first kappa shape index (κ1) is 17.1. The summed E-state index contributed by atoms with van der Waals surface area (Å²) in [6.45, 7) is 10.7. The fourth-order valence-electron chi connectivity index (χ4n) is 2.37. The van der Waals surface area contributed by atoms with Gasteiger partial charge in [0.05, 0.1) is 0 Å². The highest BCUT2D eigenvalue weighted by Crippen LogP contribution is 2.31. The van der Waals surface area contributed by atoms with Gasteiger partial charge in [-0.1, -0.05) is 20.3 Å². The molecule has 1 rings (SSSR count). The zero-order valence-corrected chi connectivity index (χ0v) is 13.0. The molecule has 0 aromatic rings. The molecular formula is C13H25F3N2S. The first-order chi connectivity index (χ1) is 8.65. The van der Waals surface area contributed by atoms with Crippen LogP contribution in [0.3, 0.4) is 0 Å². The third kappa shape index (κ3) is 5.52. The van der Waals surface area contributed by atoms with Crippen molar-refractivity contribution in [1.82, 2.24) is 10.2 Å². The van der Waals surface area contributed by atoms with Gasteiger partial charge in [0.25, 0.3) is 0 Å². The number of rotatable bonds is 5. The highest BCUT2D eigenvalue weighted by molar-refractivity contribution is 8.00. The number of nitrogens with zero attached hydrogens (tertiary/aromatic N) is 1. The topological polar surface area (TPSA) is 15.3 Å². The Morgan fingerprint density at radius 1 is 1.42 bits per heavy atom. The molecule has 0 aliphatic carbocycles. The monoisotopic (exact) mass is 298 g/mol. The van der Waals surface area contributed by atoms with E-state index >= 15 is 0 Å². The van der Waals surface area contributed by atoms with Gasteiger partial charge in [-0.25, -0.2) is 0 Å². The number of nitrogens with one attached hydrogen (secondary N) is 1. The summed E-state index contributed by atoms with van der Waals surface area (Å²) >= 11 is 0.0813. The van der Waals surface area contributed by atoms with Crippen LogP contribution >= 0.6 is 11.8 Å². The first-order valence-electron chi connectivity index (χ1n) is 6.85. The fraction of sp³-hybridized carbons (Fsp3) is 1.00. The highest BCUT2D eigenvalue weighted by Gasteiger charge is 2.36. The maximum atomic E-state index is 12.2. The summed E-state index contributed by atoms with van der Waals surface area (Å²) < 4.78 is 36.6.